The predicted octanol–water partition coefficient (Wildman–Crippen LogP) is 1.54. The Labute approximate surface area is 149 Å². The van der Waals surface area contributed by atoms with Gasteiger partial charge >= 0.3 is 5.97 Å². The van der Waals surface area contributed by atoms with Crippen LogP contribution in [-0.4, -0.2) is 60.8 Å². The zero-order valence-corrected chi connectivity index (χ0v) is 15.1. The lowest BCUT2D eigenvalue weighted by atomic mass is 9.94. The molecule has 0 spiro atoms. The number of carbonyl (C=O) groups excluding carboxylic acids is 1. The third-order valence-electron chi connectivity index (χ3n) is 5.03. The van der Waals surface area contributed by atoms with Crippen molar-refractivity contribution in [1.82, 2.24) is 10.2 Å². The number of methoxy groups -OCH3 is 1. The molecule has 25 heavy (non-hydrogen) atoms. The summed E-state index contributed by atoms with van der Waals surface area (Å²) in [6, 6.07) is 8.54. The monoisotopic (exact) mass is 348 g/mol. The number of benzene rings is 1. The van der Waals surface area contributed by atoms with Crippen molar-refractivity contribution in [2.24, 2.45) is 5.92 Å². The predicted molar refractivity (Wildman–Crippen MR) is 95.3 cm³/mol. The molecule has 1 saturated heterocycles. The summed E-state index contributed by atoms with van der Waals surface area (Å²) in [4.78, 5) is 26.4. The van der Waals surface area contributed by atoms with E-state index in [0.717, 1.165) is 24.9 Å². The van der Waals surface area contributed by atoms with Crippen molar-refractivity contribution in [2.75, 3.05) is 20.7 Å². The highest BCUT2D eigenvalue weighted by molar-refractivity contribution is 5.85. The summed E-state index contributed by atoms with van der Waals surface area (Å²) < 4.78 is 5.60. The topological polar surface area (TPSA) is 78.9 Å². The van der Waals surface area contributed by atoms with E-state index < -0.39 is 17.9 Å². The molecule has 2 rings (SSSR count). The lowest BCUT2D eigenvalue weighted by molar-refractivity contribution is -0.143. The zero-order chi connectivity index (χ0) is 18.4. The molecule has 1 amide bonds. The Hall–Kier alpha value is -1.92. The Balaban J connectivity index is 2.02. The van der Waals surface area contributed by atoms with E-state index in [9.17, 15) is 14.7 Å². The van der Waals surface area contributed by atoms with E-state index >= 15 is 0 Å². The van der Waals surface area contributed by atoms with Crippen LogP contribution in [0.4, 0.5) is 0 Å². The Morgan fingerprint density at radius 2 is 2.04 bits per heavy atom. The number of likely N-dealkylation sites (tertiary alicyclic amines) is 1. The van der Waals surface area contributed by atoms with Crippen LogP contribution in [0.2, 0.25) is 0 Å². The van der Waals surface area contributed by atoms with Crippen LogP contribution in [-0.2, 0) is 20.7 Å². The highest BCUT2D eigenvalue weighted by atomic mass is 16.5. The molecule has 0 saturated carbocycles. The number of nitrogens with one attached hydrogen (secondary N) is 1. The lowest BCUT2D eigenvalue weighted by Gasteiger charge is -2.32. The van der Waals surface area contributed by atoms with E-state index in [0.29, 0.717) is 0 Å². The zero-order valence-electron chi connectivity index (χ0n) is 15.1. The van der Waals surface area contributed by atoms with E-state index in [1.807, 2.05) is 37.4 Å². The Kier molecular flexibility index (Phi) is 6.96. The second-order valence-electron chi connectivity index (χ2n) is 6.77. The van der Waals surface area contributed by atoms with Gasteiger partial charge in [-0.2, -0.15) is 0 Å². The average Bonchev–Trinajstić information content (AvgIpc) is 3.01. The molecule has 2 N–H and O–H groups in total. The van der Waals surface area contributed by atoms with E-state index in [1.165, 1.54) is 0 Å². The van der Waals surface area contributed by atoms with Gasteiger partial charge in [0, 0.05) is 19.6 Å². The molecule has 4 atom stereocenters. The molecule has 1 unspecified atom stereocenters. The van der Waals surface area contributed by atoms with E-state index in [2.05, 4.69) is 10.2 Å². The van der Waals surface area contributed by atoms with Crippen LogP contribution in [0.15, 0.2) is 30.3 Å². The van der Waals surface area contributed by atoms with Gasteiger partial charge in [0.05, 0.1) is 12.0 Å². The Morgan fingerprint density at radius 1 is 1.36 bits per heavy atom. The minimum atomic E-state index is -1.03. The molecule has 1 aromatic rings. The summed E-state index contributed by atoms with van der Waals surface area (Å²) in [7, 11) is 3.64. The van der Waals surface area contributed by atoms with Crippen molar-refractivity contribution in [3.63, 3.8) is 0 Å². The number of ether oxygens (including phenoxy) is 1. The maximum absolute atomic E-state index is 12.6. The lowest BCUT2D eigenvalue weighted by Crippen LogP contribution is -2.50. The van der Waals surface area contributed by atoms with Gasteiger partial charge in [-0.15, -0.1) is 0 Å². The van der Waals surface area contributed by atoms with Crippen LogP contribution in [0.5, 0.6) is 0 Å². The number of carboxylic acid groups (broad SMARTS) is 1. The van der Waals surface area contributed by atoms with Gasteiger partial charge < -0.3 is 20.1 Å². The normalized spacial score (nSPS) is 21.5. The molecule has 1 heterocycles. The van der Waals surface area contributed by atoms with Crippen molar-refractivity contribution in [1.29, 1.82) is 0 Å². The van der Waals surface area contributed by atoms with Gasteiger partial charge in [-0.05, 0) is 32.0 Å². The molecule has 0 aliphatic carbocycles. The summed E-state index contributed by atoms with van der Waals surface area (Å²) in [6.07, 6.45) is 2.08. The second kappa shape index (κ2) is 8.97. The number of aliphatic carboxylic acids is 1. The van der Waals surface area contributed by atoms with Gasteiger partial charge in [-0.25, -0.2) is 4.79 Å². The van der Waals surface area contributed by atoms with Crippen molar-refractivity contribution >= 4 is 11.9 Å². The highest BCUT2D eigenvalue weighted by Crippen LogP contribution is 2.24. The fourth-order valence-electron chi connectivity index (χ4n) is 3.55. The van der Waals surface area contributed by atoms with E-state index in [1.54, 1.807) is 14.0 Å². The molecule has 6 nitrogen and oxygen atoms in total. The van der Waals surface area contributed by atoms with Crippen LogP contribution < -0.4 is 5.32 Å². The molecule has 1 aliphatic heterocycles. The first kappa shape index (κ1) is 19.4. The largest absolute Gasteiger partial charge is 0.480 e. The van der Waals surface area contributed by atoms with Crippen molar-refractivity contribution < 1.29 is 19.4 Å². The summed E-state index contributed by atoms with van der Waals surface area (Å²) in [5.74, 6) is -1.74. The number of rotatable bonds is 8. The van der Waals surface area contributed by atoms with Gasteiger partial charge in [0.25, 0.3) is 0 Å². The number of hydrogen-bond donors (Lipinski definition) is 2. The summed E-state index contributed by atoms with van der Waals surface area (Å²) in [6.45, 7) is 2.79. The van der Waals surface area contributed by atoms with Crippen molar-refractivity contribution in [3.8, 4) is 0 Å². The fraction of sp³-hybridized carbons (Fsp3) is 0.579. The Bertz CT molecular complexity index is 578. The molecule has 0 radical (unpaired) electrons. The molecule has 6 heteroatoms. The van der Waals surface area contributed by atoms with Crippen molar-refractivity contribution in [2.45, 2.75) is 44.4 Å². The molecule has 0 bridgehead atoms. The minimum absolute atomic E-state index is 0.183. The SMILES string of the molecule is COC([C@@H](C)C(=O)N[C@@H](Cc1ccccc1)C(=O)O)[C@@H]1CCCN1C. The van der Waals surface area contributed by atoms with Gasteiger partial charge in [0.15, 0.2) is 0 Å². The standard InChI is InChI=1S/C19H28N2O4/c1-13(17(25-3)16-10-7-11-21(16)2)18(22)20-15(19(23)24)12-14-8-5-4-6-9-14/h4-6,8-9,13,15-17H,7,10-12H2,1-3H3,(H,20,22)(H,23,24)/t13-,15+,16+,17?/m1/s1. The fourth-order valence-corrected chi connectivity index (χ4v) is 3.55. The first-order valence-corrected chi connectivity index (χ1v) is 8.74. The summed E-state index contributed by atoms with van der Waals surface area (Å²) >= 11 is 0. The number of hydrogen-bond acceptors (Lipinski definition) is 4. The molecular weight excluding hydrogens is 320 g/mol. The molecule has 1 fully saturated rings. The van der Waals surface area contributed by atoms with E-state index in [4.69, 9.17) is 4.74 Å². The number of carbonyl (C=O) groups is 2. The van der Waals surface area contributed by atoms with Crippen LogP contribution in [0.1, 0.15) is 25.3 Å². The third kappa shape index (κ3) is 5.03. The van der Waals surface area contributed by atoms with Gasteiger partial charge in [0.1, 0.15) is 6.04 Å². The molecule has 1 aromatic carbocycles. The number of amides is 1. The third-order valence-corrected chi connectivity index (χ3v) is 5.03. The quantitative estimate of drug-likeness (QED) is 0.745. The summed E-state index contributed by atoms with van der Waals surface area (Å²) in [5.41, 5.74) is 0.877. The van der Waals surface area contributed by atoms with E-state index in [-0.39, 0.29) is 24.5 Å². The molecule has 0 aromatic heterocycles. The molecule has 138 valence electrons. The Morgan fingerprint density at radius 3 is 2.56 bits per heavy atom. The van der Waals surface area contributed by atoms with Crippen LogP contribution in [0.3, 0.4) is 0 Å². The first-order valence-electron chi connectivity index (χ1n) is 8.74. The van der Waals surface area contributed by atoms with Gasteiger partial charge in [0.2, 0.25) is 5.91 Å². The summed E-state index contributed by atoms with van der Waals surface area (Å²) in [5, 5.41) is 12.1. The first-order chi connectivity index (χ1) is 11.9. The second-order valence-corrected chi connectivity index (χ2v) is 6.77. The van der Waals surface area contributed by atoms with Crippen molar-refractivity contribution in [3.05, 3.63) is 35.9 Å². The molecular formula is C19H28N2O4. The highest BCUT2D eigenvalue weighted by Gasteiger charge is 2.37. The average molecular weight is 348 g/mol. The number of carboxylic acids is 1. The van der Waals surface area contributed by atoms with Gasteiger partial charge in [-0.3, -0.25) is 4.79 Å². The smallest absolute Gasteiger partial charge is 0.326 e. The van der Waals surface area contributed by atoms with Crippen LogP contribution >= 0.6 is 0 Å². The van der Waals surface area contributed by atoms with Crippen LogP contribution in [0, 0.1) is 5.92 Å². The maximum Gasteiger partial charge on any atom is 0.326 e. The molecule has 1 aliphatic rings. The maximum atomic E-state index is 12.6. The van der Waals surface area contributed by atoms with Crippen LogP contribution in [0.25, 0.3) is 0 Å². The number of nitrogens with zero attached hydrogens (tertiary/aromatic N) is 1. The minimum Gasteiger partial charge on any atom is -0.480 e. The number of likely N-dealkylation sites (N-methyl/N-ethyl adjacent to an activating group) is 1. The van der Waals surface area contributed by atoms with Gasteiger partial charge in [-0.1, -0.05) is 37.3 Å².